The first kappa shape index (κ1) is 17.8. The number of nitrogens with zero attached hydrogens (tertiary/aromatic N) is 1. The van der Waals surface area contributed by atoms with Gasteiger partial charge in [-0.05, 0) is 36.1 Å². The lowest BCUT2D eigenvalue weighted by molar-refractivity contribution is -0.151. The maximum absolute atomic E-state index is 12.6. The number of amides is 1. The molecule has 126 valence electrons. The van der Waals surface area contributed by atoms with Gasteiger partial charge >= 0.3 is 5.97 Å². The second kappa shape index (κ2) is 6.91. The average molecular weight is 384 g/mol. The minimum Gasteiger partial charge on any atom is -0.497 e. The summed E-state index contributed by atoms with van der Waals surface area (Å²) < 4.78 is 6.04. The Balaban J connectivity index is 2.12. The minimum absolute atomic E-state index is 0.0126. The summed E-state index contributed by atoms with van der Waals surface area (Å²) >= 11 is 3.45. The van der Waals surface area contributed by atoms with Gasteiger partial charge in [-0.1, -0.05) is 29.8 Å². The fraction of sp³-hybridized carbons (Fsp3) is 0.529. The number of hydrogen-bond donors (Lipinski definition) is 1. The number of rotatable bonds is 5. The van der Waals surface area contributed by atoms with Gasteiger partial charge in [-0.25, -0.2) is 0 Å². The van der Waals surface area contributed by atoms with Crippen LogP contribution in [0.1, 0.15) is 25.8 Å². The number of carbonyl (C=O) groups is 2. The second-order valence-corrected chi connectivity index (χ2v) is 7.17. The van der Waals surface area contributed by atoms with Crippen molar-refractivity contribution in [3.8, 4) is 5.75 Å². The van der Waals surface area contributed by atoms with Crippen molar-refractivity contribution in [2.45, 2.75) is 26.7 Å². The van der Waals surface area contributed by atoms with Gasteiger partial charge in [0.15, 0.2) is 0 Å². The van der Waals surface area contributed by atoms with Gasteiger partial charge in [0.2, 0.25) is 5.91 Å². The van der Waals surface area contributed by atoms with Gasteiger partial charge in [0.05, 0.1) is 18.9 Å². The third kappa shape index (κ3) is 3.52. The topological polar surface area (TPSA) is 66.8 Å². The molecule has 1 saturated heterocycles. The molecule has 1 N–H and O–H groups in total. The van der Waals surface area contributed by atoms with E-state index < -0.39 is 11.4 Å². The molecule has 0 aliphatic carbocycles. The molecule has 0 aromatic heterocycles. The number of aliphatic carboxylic acids is 1. The maximum Gasteiger partial charge on any atom is 0.311 e. The highest BCUT2D eigenvalue weighted by atomic mass is 79.9. The standard InChI is InChI=1S/C17H22BrNO4/c1-11(2)17(16(21)22)6-7-19(10-17)15(20)9-12-8-13(23-3)4-5-14(12)18/h4-5,8,11H,6-7,9-10H2,1-3H3,(H,21,22). The third-order valence-electron chi connectivity index (χ3n) is 4.78. The summed E-state index contributed by atoms with van der Waals surface area (Å²) in [7, 11) is 1.58. The molecule has 1 aliphatic rings. The predicted molar refractivity (Wildman–Crippen MR) is 90.5 cm³/mol. The summed E-state index contributed by atoms with van der Waals surface area (Å²) in [6.45, 7) is 4.58. The van der Waals surface area contributed by atoms with Gasteiger partial charge in [0.25, 0.3) is 0 Å². The van der Waals surface area contributed by atoms with Crippen LogP contribution in [-0.2, 0) is 16.0 Å². The number of benzene rings is 1. The van der Waals surface area contributed by atoms with Crippen LogP contribution in [0.3, 0.4) is 0 Å². The Morgan fingerprint density at radius 2 is 2.13 bits per heavy atom. The minimum atomic E-state index is -0.832. The van der Waals surface area contributed by atoms with Crippen LogP contribution < -0.4 is 4.74 Å². The van der Waals surface area contributed by atoms with Gasteiger partial charge in [0, 0.05) is 17.6 Å². The number of halogens is 1. The lowest BCUT2D eigenvalue weighted by Gasteiger charge is -2.28. The lowest BCUT2D eigenvalue weighted by atomic mass is 9.76. The number of carboxylic acid groups (broad SMARTS) is 1. The summed E-state index contributed by atoms with van der Waals surface area (Å²) in [6, 6.07) is 5.49. The third-order valence-corrected chi connectivity index (χ3v) is 5.55. The molecule has 1 atom stereocenters. The molecule has 0 radical (unpaired) electrons. The van der Waals surface area contributed by atoms with E-state index >= 15 is 0 Å². The summed E-state index contributed by atoms with van der Waals surface area (Å²) in [5.41, 5.74) is 0.00748. The summed E-state index contributed by atoms with van der Waals surface area (Å²) in [5, 5.41) is 9.57. The van der Waals surface area contributed by atoms with Crippen LogP contribution >= 0.6 is 15.9 Å². The quantitative estimate of drug-likeness (QED) is 0.848. The van der Waals surface area contributed by atoms with Crippen molar-refractivity contribution in [2.24, 2.45) is 11.3 Å². The average Bonchev–Trinajstić information content (AvgIpc) is 2.96. The normalized spacial score (nSPS) is 20.8. The highest BCUT2D eigenvalue weighted by Gasteiger charge is 2.48. The van der Waals surface area contributed by atoms with Crippen molar-refractivity contribution in [1.29, 1.82) is 0 Å². The van der Waals surface area contributed by atoms with E-state index in [9.17, 15) is 14.7 Å². The molecule has 1 aliphatic heterocycles. The van der Waals surface area contributed by atoms with E-state index in [1.54, 1.807) is 12.0 Å². The molecule has 1 unspecified atom stereocenters. The van der Waals surface area contributed by atoms with E-state index in [2.05, 4.69) is 15.9 Å². The summed E-state index contributed by atoms with van der Waals surface area (Å²) in [4.78, 5) is 25.9. The molecule has 6 heteroatoms. The van der Waals surface area contributed by atoms with E-state index in [4.69, 9.17) is 4.74 Å². The van der Waals surface area contributed by atoms with Crippen molar-refractivity contribution in [3.05, 3.63) is 28.2 Å². The van der Waals surface area contributed by atoms with Crippen molar-refractivity contribution in [1.82, 2.24) is 4.90 Å². The molecule has 1 aromatic carbocycles. The monoisotopic (exact) mass is 383 g/mol. The van der Waals surface area contributed by atoms with Gasteiger partial charge in [-0.2, -0.15) is 0 Å². The molecule has 5 nitrogen and oxygen atoms in total. The number of carbonyl (C=O) groups excluding carboxylic acids is 1. The Kier molecular flexibility index (Phi) is 5.34. The van der Waals surface area contributed by atoms with E-state index in [1.165, 1.54) is 0 Å². The number of carboxylic acids is 1. The highest BCUT2D eigenvalue weighted by molar-refractivity contribution is 9.10. The van der Waals surface area contributed by atoms with E-state index in [0.717, 1.165) is 10.0 Å². The van der Waals surface area contributed by atoms with Gasteiger partial charge < -0.3 is 14.7 Å². The Morgan fingerprint density at radius 3 is 2.65 bits per heavy atom. The predicted octanol–water partition coefficient (Wildman–Crippen LogP) is 2.96. The first-order valence-electron chi connectivity index (χ1n) is 7.63. The molecule has 23 heavy (non-hydrogen) atoms. The Hall–Kier alpha value is -1.56. The van der Waals surface area contributed by atoms with E-state index in [-0.39, 0.29) is 24.8 Å². The zero-order valence-electron chi connectivity index (χ0n) is 13.6. The number of methoxy groups -OCH3 is 1. The molecule has 1 fully saturated rings. The SMILES string of the molecule is COc1ccc(Br)c(CC(=O)N2CCC(C(=O)O)(C(C)C)C2)c1. The zero-order valence-corrected chi connectivity index (χ0v) is 15.2. The second-order valence-electron chi connectivity index (χ2n) is 6.32. The Labute approximate surface area is 144 Å². The van der Waals surface area contributed by atoms with E-state index in [1.807, 2.05) is 32.0 Å². The molecule has 0 spiro atoms. The van der Waals surface area contributed by atoms with Crippen LogP contribution in [0.5, 0.6) is 5.75 Å². The smallest absolute Gasteiger partial charge is 0.311 e. The number of likely N-dealkylation sites (tertiary alicyclic amines) is 1. The Bertz CT molecular complexity index is 617. The van der Waals surface area contributed by atoms with Gasteiger partial charge in [-0.15, -0.1) is 0 Å². The molecule has 1 amide bonds. The lowest BCUT2D eigenvalue weighted by Crippen LogP contribution is -2.41. The highest BCUT2D eigenvalue weighted by Crippen LogP contribution is 2.38. The summed E-state index contributed by atoms with van der Waals surface area (Å²) in [5.74, 6) is -0.186. The van der Waals surface area contributed by atoms with Crippen LogP contribution in [0.2, 0.25) is 0 Å². The van der Waals surface area contributed by atoms with Crippen LogP contribution in [0, 0.1) is 11.3 Å². The van der Waals surface area contributed by atoms with Crippen molar-refractivity contribution < 1.29 is 19.4 Å². The van der Waals surface area contributed by atoms with Crippen LogP contribution in [-0.4, -0.2) is 42.1 Å². The number of ether oxygens (including phenoxy) is 1. The zero-order chi connectivity index (χ0) is 17.2. The van der Waals surface area contributed by atoms with Crippen molar-refractivity contribution >= 4 is 27.8 Å². The molecule has 1 aromatic rings. The largest absolute Gasteiger partial charge is 0.497 e. The van der Waals surface area contributed by atoms with Crippen LogP contribution in [0.15, 0.2) is 22.7 Å². The Morgan fingerprint density at radius 1 is 1.43 bits per heavy atom. The number of hydrogen-bond acceptors (Lipinski definition) is 3. The van der Waals surface area contributed by atoms with Gasteiger partial charge in [-0.3, -0.25) is 9.59 Å². The fourth-order valence-electron chi connectivity index (χ4n) is 3.03. The first-order valence-corrected chi connectivity index (χ1v) is 8.43. The molecule has 1 heterocycles. The first-order chi connectivity index (χ1) is 10.8. The van der Waals surface area contributed by atoms with Crippen molar-refractivity contribution in [2.75, 3.05) is 20.2 Å². The van der Waals surface area contributed by atoms with Crippen molar-refractivity contribution in [3.63, 3.8) is 0 Å². The molecule has 2 rings (SSSR count). The maximum atomic E-state index is 12.6. The van der Waals surface area contributed by atoms with Crippen LogP contribution in [0.4, 0.5) is 0 Å². The molecule has 0 saturated carbocycles. The van der Waals surface area contributed by atoms with Crippen LogP contribution in [0.25, 0.3) is 0 Å². The summed E-state index contributed by atoms with van der Waals surface area (Å²) in [6.07, 6.45) is 0.733. The van der Waals surface area contributed by atoms with Gasteiger partial charge in [0.1, 0.15) is 5.75 Å². The fourth-order valence-corrected chi connectivity index (χ4v) is 3.41. The molecule has 0 bridgehead atoms. The molecular weight excluding hydrogens is 362 g/mol. The molecular formula is C17H22BrNO4. The van der Waals surface area contributed by atoms with E-state index in [0.29, 0.717) is 18.7 Å².